The Morgan fingerprint density at radius 3 is 2.83 bits per heavy atom. The molecule has 1 unspecified atom stereocenters. The van der Waals surface area contributed by atoms with Crippen molar-refractivity contribution < 1.29 is 17.7 Å². The van der Waals surface area contributed by atoms with Crippen LogP contribution in [0.5, 0.6) is 0 Å². The second-order valence-corrected chi connectivity index (χ2v) is 7.54. The standard InChI is InChI=1S/C21H24F3N5O/c1-2-3-6-19-26-16-12-14(8-10-18-27-20(30-28-18)21(22,23)24)7-9-17(16)29(19)15-5-4-11-25-13-15/h7-10,12,15,25H,2-6,11,13H2,1H3/b10-8+. The van der Waals surface area contributed by atoms with Gasteiger partial charge in [0.05, 0.1) is 11.0 Å². The van der Waals surface area contributed by atoms with Crippen LogP contribution >= 0.6 is 0 Å². The minimum absolute atomic E-state index is 0.120. The third-order valence-corrected chi connectivity index (χ3v) is 5.29. The largest absolute Gasteiger partial charge is 0.471 e. The number of hydrogen-bond acceptors (Lipinski definition) is 5. The number of benzene rings is 1. The quantitative estimate of drug-likeness (QED) is 0.617. The lowest BCUT2D eigenvalue weighted by molar-refractivity contribution is -0.159. The predicted molar refractivity (Wildman–Crippen MR) is 108 cm³/mol. The Hall–Kier alpha value is -2.68. The van der Waals surface area contributed by atoms with Crippen LogP contribution in [-0.4, -0.2) is 32.8 Å². The molecule has 1 aliphatic heterocycles. The van der Waals surface area contributed by atoms with Crippen LogP contribution in [0, 0.1) is 0 Å². The highest BCUT2D eigenvalue weighted by Crippen LogP contribution is 2.29. The lowest BCUT2D eigenvalue weighted by atomic mass is 10.1. The molecule has 1 saturated heterocycles. The molecule has 0 amide bonds. The van der Waals surface area contributed by atoms with E-state index in [4.69, 9.17) is 4.98 Å². The lowest BCUT2D eigenvalue weighted by Crippen LogP contribution is -2.32. The van der Waals surface area contributed by atoms with Gasteiger partial charge in [0.1, 0.15) is 5.82 Å². The van der Waals surface area contributed by atoms with Gasteiger partial charge in [-0.25, -0.2) is 4.98 Å². The molecule has 9 heteroatoms. The van der Waals surface area contributed by atoms with Crippen molar-refractivity contribution in [2.75, 3.05) is 13.1 Å². The van der Waals surface area contributed by atoms with Gasteiger partial charge < -0.3 is 14.4 Å². The number of unbranched alkanes of at least 4 members (excludes halogenated alkanes) is 1. The van der Waals surface area contributed by atoms with E-state index in [1.807, 2.05) is 18.2 Å². The zero-order valence-corrected chi connectivity index (χ0v) is 16.7. The van der Waals surface area contributed by atoms with Crippen LogP contribution in [0.2, 0.25) is 0 Å². The number of nitrogens with one attached hydrogen (secondary N) is 1. The molecule has 30 heavy (non-hydrogen) atoms. The van der Waals surface area contributed by atoms with Crippen LogP contribution in [0.25, 0.3) is 23.2 Å². The molecular formula is C21H24F3N5O. The van der Waals surface area contributed by atoms with E-state index in [0.717, 1.165) is 67.6 Å². The second kappa shape index (κ2) is 8.59. The number of alkyl halides is 3. The number of piperidine rings is 1. The van der Waals surface area contributed by atoms with Crippen molar-refractivity contribution in [1.82, 2.24) is 25.0 Å². The normalized spacial score (nSPS) is 17.9. The molecule has 0 bridgehead atoms. The Balaban J connectivity index is 1.62. The average molecular weight is 419 g/mol. The summed E-state index contributed by atoms with van der Waals surface area (Å²) in [5.41, 5.74) is 2.79. The van der Waals surface area contributed by atoms with Gasteiger partial charge in [0.25, 0.3) is 0 Å². The summed E-state index contributed by atoms with van der Waals surface area (Å²) in [7, 11) is 0. The first kappa shape index (κ1) is 20.6. The van der Waals surface area contributed by atoms with E-state index in [9.17, 15) is 13.2 Å². The smallest absolute Gasteiger partial charge is 0.329 e. The molecule has 1 aromatic carbocycles. The van der Waals surface area contributed by atoms with Gasteiger partial charge in [-0.3, -0.25) is 0 Å². The van der Waals surface area contributed by atoms with Crippen molar-refractivity contribution in [3.05, 3.63) is 41.3 Å². The van der Waals surface area contributed by atoms with Crippen molar-refractivity contribution in [2.45, 2.75) is 51.2 Å². The van der Waals surface area contributed by atoms with Crippen molar-refractivity contribution in [3.8, 4) is 0 Å². The summed E-state index contributed by atoms with van der Waals surface area (Å²) in [6, 6.07) is 6.29. The maximum absolute atomic E-state index is 12.6. The Morgan fingerprint density at radius 2 is 2.13 bits per heavy atom. The fourth-order valence-electron chi connectivity index (χ4n) is 3.83. The molecule has 160 valence electrons. The molecule has 0 spiro atoms. The molecule has 1 fully saturated rings. The van der Waals surface area contributed by atoms with E-state index in [-0.39, 0.29) is 5.82 Å². The summed E-state index contributed by atoms with van der Waals surface area (Å²) in [5.74, 6) is -0.377. The van der Waals surface area contributed by atoms with Crippen molar-refractivity contribution in [2.24, 2.45) is 0 Å². The minimum atomic E-state index is -4.65. The molecule has 0 radical (unpaired) electrons. The summed E-state index contributed by atoms with van der Waals surface area (Å²) in [6.45, 7) is 4.15. The summed E-state index contributed by atoms with van der Waals surface area (Å²) in [6.07, 6.45) is 3.79. The van der Waals surface area contributed by atoms with Crippen LogP contribution in [0.4, 0.5) is 13.2 Å². The van der Waals surface area contributed by atoms with Gasteiger partial charge in [-0.1, -0.05) is 30.6 Å². The third kappa shape index (κ3) is 4.40. The number of aryl methyl sites for hydroxylation is 1. The van der Waals surface area contributed by atoms with E-state index >= 15 is 0 Å². The minimum Gasteiger partial charge on any atom is -0.329 e. The predicted octanol–water partition coefficient (Wildman–Crippen LogP) is 4.88. The zero-order chi connectivity index (χ0) is 21.1. The van der Waals surface area contributed by atoms with Crippen LogP contribution in [0.15, 0.2) is 22.7 Å². The highest BCUT2D eigenvalue weighted by molar-refractivity contribution is 5.81. The first-order valence-electron chi connectivity index (χ1n) is 10.3. The number of aromatic nitrogens is 4. The summed E-state index contributed by atoms with van der Waals surface area (Å²) < 4.78 is 44.4. The van der Waals surface area contributed by atoms with Gasteiger partial charge in [0.2, 0.25) is 0 Å². The fraction of sp³-hybridized carbons (Fsp3) is 0.476. The summed E-state index contributed by atoms with van der Waals surface area (Å²) in [5, 5.41) is 6.82. The van der Waals surface area contributed by atoms with E-state index in [2.05, 4.69) is 31.5 Å². The van der Waals surface area contributed by atoms with Gasteiger partial charge in [0.15, 0.2) is 5.82 Å². The highest BCUT2D eigenvalue weighted by atomic mass is 19.4. The first-order chi connectivity index (χ1) is 14.5. The number of imidazole rings is 1. The number of nitrogens with zero attached hydrogens (tertiary/aromatic N) is 4. The van der Waals surface area contributed by atoms with Gasteiger partial charge >= 0.3 is 12.1 Å². The fourth-order valence-corrected chi connectivity index (χ4v) is 3.83. The lowest BCUT2D eigenvalue weighted by Gasteiger charge is -2.26. The van der Waals surface area contributed by atoms with E-state index < -0.39 is 12.1 Å². The summed E-state index contributed by atoms with van der Waals surface area (Å²) >= 11 is 0. The highest BCUT2D eigenvalue weighted by Gasteiger charge is 2.38. The topological polar surface area (TPSA) is 68.8 Å². The summed E-state index contributed by atoms with van der Waals surface area (Å²) in [4.78, 5) is 8.24. The number of rotatable bonds is 6. The van der Waals surface area contributed by atoms with Gasteiger partial charge in [-0.2, -0.15) is 18.2 Å². The molecule has 0 saturated carbocycles. The SMILES string of the molecule is CCCCc1nc2cc(/C=C/c3noc(C(F)(F)F)n3)ccc2n1C1CCCNC1. The van der Waals surface area contributed by atoms with E-state index in [1.54, 1.807) is 6.08 Å². The molecule has 1 N–H and O–H groups in total. The van der Waals surface area contributed by atoms with Crippen LogP contribution in [0.3, 0.4) is 0 Å². The van der Waals surface area contributed by atoms with Crippen LogP contribution < -0.4 is 5.32 Å². The first-order valence-corrected chi connectivity index (χ1v) is 10.3. The monoisotopic (exact) mass is 419 g/mol. The zero-order valence-electron chi connectivity index (χ0n) is 16.7. The van der Waals surface area contributed by atoms with Gasteiger partial charge in [0, 0.05) is 19.0 Å². The number of halogens is 3. The molecule has 1 aliphatic rings. The maximum atomic E-state index is 12.6. The molecule has 1 atom stereocenters. The maximum Gasteiger partial charge on any atom is 0.471 e. The molecule has 3 heterocycles. The van der Waals surface area contributed by atoms with Crippen LogP contribution in [0.1, 0.15) is 61.8 Å². The second-order valence-electron chi connectivity index (χ2n) is 7.54. The van der Waals surface area contributed by atoms with Crippen molar-refractivity contribution >= 4 is 23.2 Å². The van der Waals surface area contributed by atoms with Crippen molar-refractivity contribution in [3.63, 3.8) is 0 Å². The average Bonchev–Trinajstić information content (AvgIpc) is 3.35. The Bertz CT molecular complexity index is 1030. The van der Waals surface area contributed by atoms with Gasteiger partial charge in [-0.05, 0) is 49.6 Å². The molecule has 3 aromatic rings. The van der Waals surface area contributed by atoms with Crippen LogP contribution in [-0.2, 0) is 12.6 Å². The molecule has 4 rings (SSSR count). The van der Waals surface area contributed by atoms with E-state index in [0.29, 0.717) is 6.04 Å². The molecule has 0 aliphatic carbocycles. The molecule has 2 aromatic heterocycles. The Morgan fingerprint density at radius 1 is 1.27 bits per heavy atom. The number of fused-ring (bicyclic) bond motifs is 1. The number of hydrogen-bond donors (Lipinski definition) is 1. The molecule has 6 nitrogen and oxygen atoms in total. The van der Waals surface area contributed by atoms with Gasteiger partial charge in [-0.15, -0.1) is 0 Å². The third-order valence-electron chi connectivity index (χ3n) is 5.29. The Kier molecular flexibility index (Phi) is 5.90. The van der Waals surface area contributed by atoms with E-state index in [1.165, 1.54) is 6.08 Å². The Labute approximate surface area is 172 Å². The molecular weight excluding hydrogens is 395 g/mol. The van der Waals surface area contributed by atoms with Crippen molar-refractivity contribution in [1.29, 1.82) is 0 Å².